The molecule has 0 saturated heterocycles. The van der Waals surface area contributed by atoms with Gasteiger partial charge in [-0.15, -0.1) is 11.3 Å². The molecule has 0 radical (unpaired) electrons. The summed E-state index contributed by atoms with van der Waals surface area (Å²) >= 11 is 3.17. The summed E-state index contributed by atoms with van der Waals surface area (Å²) in [7, 11) is 1.70. The van der Waals surface area contributed by atoms with Gasteiger partial charge in [0.1, 0.15) is 4.88 Å². The molecule has 0 amide bonds. The predicted octanol–water partition coefficient (Wildman–Crippen LogP) is 3.02. The molecule has 3 nitrogen and oxygen atoms in total. The first kappa shape index (κ1) is 13.5. The van der Waals surface area contributed by atoms with Gasteiger partial charge < -0.3 is 9.84 Å². The van der Waals surface area contributed by atoms with Crippen molar-refractivity contribution in [2.45, 2.75) is 19.1 Å². The van der Waals surface area contributed by atoms with Crippen molar-refractivity contribution in [2.75, 3.05) is 19.5 Å². The Kier molecular flexibility index (Phi) is 5.87. The van der Waals surface area contributed by atoms with Crippen molar-refractivity contribution >= 4 is 29.1 Å². The SMILES string of the molecule is COCCCSCc1cc(C(=O)O)sc1C. The molecule has 0 aliphatic carbocycles. The largest absolute Gasteiger partial charge is 0.477 e. The van der Waals surface area contributed by atoms with Crippen molar-refractivity contribution in [3.63, 3.8) is 0 Å². The minimum atomic E-state index is -0.830. The summed E-state index contributed by atoms with van der Waals surface area (Å²) in [6.45, 7) is 2.76. The molecule has 0 saturated carbocycles. The van der Waals surface area contributed by atoms with Gasteiger partial charge in [-0.1, -0.05) is 0 Å². The maximum absolute atomic E-state index is 10.8. The molecule has 1 aromatic heterocycles. The standard InChI is InChI=1S/C11H16O3S2/c1-8-9(6-10(16-8)11(12)13)7-15-5-3-4-14-2/h6H,3-5,7H2,1-2H3,(H,12,13). The molecule has 0 aliphatic heterocycles. The Morgan fingerprint density at radius 2 is 2.38 bits per heavy atom. The van der Waals surface area contributed by atoms with Crippen LogP contribution in [0, 0.1) is 6.92 Å². The number of carbonyl (C=O) groups is 1. The van der Waals surface area contributed by atoms with Crippen molar-refractivity contribution < 1.29 is 14.6 Å². The monoisotopic (exact) mass is 260 g/mol. The van der Waals surface area contributed by atoms with Gasteiger partial charge in [0.05, 0.1) is 0 Å². The molecule has 0 unspecified atom stereocenters. The lowest BCUT2D eigenvalue weighted by atomic mass is 10.3. The van der Waals surface area contributed by atoms with E-state index in [2.05, 4.69) is 0 Å². The number of aromatic carboxylic acids is 1. The molecule has 16 heavy (non-hydrogen) atoms. The van der Waals surface area contributed by atoms with Crippen LogP contribution in [0.4, 0.5) is 0 Å². The van der Waals surface area contributed by atoms with Crippen molar-refractivity contribution in [1.29, 1.82) is 0 Å². The topological polar surface area (TPSA) is 46.5 Å². The highest BCUT2D eigenvalue weighted by Crippen LogP contribution is 2.25. The molecule has 0 atom stereocenters. The molecule has 1 N–H and O–H groups in total. The number of thioether (sulfide) groups is 1. The van der Waals surface area contributed by atoms with E-state index >= 15 is 0 Å². The lowest BCUT2D eigenvalue weighted by molar-refractivity contribution is 0.0702. The van der Waals surface area contributed by atoms with E-state index in [4.69, 9.17) is 9.84 Å². The number of thiophene rings is 1. The second-order valence-corrected chi connectivity index (χ2v) is 5.76. The first-order valence-corrected chi connectivity index (χ1v) is 7.01. The first-order chi connectivity index (χ1) is 7.65. The van der Waals surface area contributed by atoms with Gasteiger partial charge in [0.15, 0.2) is 0 Å². The Morgan fingerprint density at radius 3 is 2.94 bits per heavy atom. The van der Waals surface area contributed by atoms with Crippen LogP contribution in [0.25, 0.3) is 0 Å². The van der Waals surface area contributed by atoms with Gasteiger partial charge >= 0.3 is 5.97 Å². The van der Waals surface area contributed by atoms with Crippen molar-refractivity contribution in [3.05, 3.63) is 21.4 Å². The van der Waals surface area contributed by atoms with Gasteiger partial charge in [-0.05, 0) is 30.7 Å². The van der Waals surface area contributed by atoms with E-state index < -0.39 is 5.97 Å². The molecular formula is C11H16O3S2. The Hall–Kier alpha value is -0.520. The third-order valence-corrected chi connectivity index (χ3v) is 4.30. The highest BCUT2D eigenvalue weighted by molar-refractivity contribution is 7.98. The normalized spacial score (nSPS) is 10.6. The molecule has 1 aromatic rings. The van der Waals surface area contributed by atoms with E-state index in [0.29, 0.717) is 4.88 Å². The Balaban J connectivity index is 2.39. The van der Waals surface area contributed by atoms with Crippen LogP contribution in [-0.2, 0) is 10.5 Å². The fourth-order valence-corrected chi connectivity index (χ4v) is 3.21. The summed E-state index contributed by atoms with van der Waals surface area (Å²) in [6, 6.07) is 1.78. The average Bonchev–Trinajstić information content (AvgIpc) is 2.60. The summed E-state index contributed by atoms with van der Waals surface area (Å²) in [5.41, 5.74) is 1.14. The summed E-state index contributed by atoms with van der Waals surface area (Å²) in [4.78, 5) is 12.3. The number of hydrogen-bond donors (Lipinski definition) is 1. The first-order valence-electron chi connectivity index (χ1n) is 5.04. The van der Waals surface area contributed by atoms with Crippen molar-refractivity contribution in [2.24, 2.45) is 0 Å². The number of ether oxygens (including phenoxy) is 1. The van der Waals surface area contributed by atoms with Crippen LogP contribution < -0.4 is 0 Å². The van der Waals surface area contributed by atoms with E-state index in [1.54, 1.807) is 13.2 Å². The van der Waals surface area contributed by atoms with Gasteiger partial charge in [-0.2, -0.15) is 11.8 Å². The summed E-state index contributed by atoms with van der Waals surface area (Å²) < 4.78 is 4.96. The fraction of sp³-hybridized carbons (Fsp3) is 0.545. The number of methoxy groups -OCH3 is 1. The van der Waals surface area contributed by atoms with E-state index in [-0.39, 0.29) is 0 Å². The van der Waals surface area contributed by atoms with Gasteiger partial charge in [0, 0.05) is 24.3 Å². The Bertz CT molecular complexity index is 347. The molecule has 1 rings (SSSR count). The molecule has 0 bridgehead atoms. The van der Waals surface area contributed by atoms with Crippen LogP contribution in [0.2, 0.25) is 0 Å². The highest BCUT2D eigenvalue weighted by atomic mass is 32.2. The number of rotatable bonds is 7. The molecule has 0 spiro atoms. The molecule has 0 aliphatic rings. The maximum Gasteiger partial charge on any atom is 0.345 e. The Labute approximate surface area is 104 Å². The van der Waals surface area contributed by atoms with Gasteiger partial charge in [0.25, 0.3) is 0 Å². The number of carboxylic acid groups (broad SMARTS) is 1. The van der Waals surface area contributed by atoms with E-state index in [0.717, 1.165) is 35.0 Å². The molecule has 90 valence electrons. The van der Waals surface area contributed by atoms with E-state index in [1.165, 1.54) is 11.3 Å². The average molecular weight is 260 g/mol. The number of aryl methyl sites for hydroxylation is 1. The molecule has 0 aromatic carbocycles. The quantitative estimate of drug-likeness (QED) is 0.765. The van der Waals surface area contributed by atoms with Crippen LogP contribution in [0.3, 0.4) is 0 Å². The zero-order valence-electron chi connectivity index (χ0n) is 9.49. The van der Waals surface area contributed by atoms with Crippen molar-refractivity contribution in [3.8, 4) is 0 Å². The van der Waals surface area contributed by atoms with E-state index in [9.17, 15) is 4.79 Å². The van der Waals surface area contributed by atoms with Gasteiger partial charge in [-0.25, -0.2) is 4.79 Å². The summed E-state index contributed by atoms with van der Waals surface area (Å²) in [5, 5.41) is 8.85. The van der Waals surface area contributed by atoms with Crippen LogP contribution in [0.1, 0.15) is 26.5 Å². The Morgan fingerprint density at radius 1 is 1.62 bits per heavy atom. The lowest BCUT2D eigenvalue weighted by Gasteiger charge is -2.00. The molecule has 1 heterocycles. The minimum absolute atomic E-state index is 0.435. The molecular weight excluding hydrogens is 244 g/mol. The minimum Gasteiger partial charge on any atom is -0.477 e. The van der Waals surface area contributed by atoms with Gasteiger partial charge in [-0.3, -0.25) is 0 Å². The fourth-order valence-electron chi connectivity index (χ4n) is 1.26. The maximum atomic E-state index is 10.8. The number of hydrogen-bond acceptors (Lipinski definition) is 4. The third-order valence-electron chi connectivity index (χ3n) is 2.13. The zero-order chi connectivity index (χ0) is 12.0. The van der Waals surface area contributed by atoms with Gasteiger partial charge in [0.2, 0.25) is 0 Å². The van der Waals surface area contributed by atoms with Crippen LogP contribution in [-0.4, -0.2) is 30.5 Å². The predicted molar refractivity (Wildman–Crippen MR) is 68.7 cm³/mol. The second kappa shape index (κ2) is 6.93. The summed E-state index contributed by atoms with van der Waals surface area (Å²) in [6.07, 6.45) is 1.04. The third kappa shape index (κ3) is 4.15. The van der Waals surface area contributed by atoms with Crippen LogP contribution in [0.5, 0.6) is 0 Å². The molecule has 0 fully saturated rings. The van der Waals surface area contributed by atoms with Crippen LogP contribution in [0.15, 0.2) is 6.07 Å². The van der Waals surface area contributed by atoms with E-state index in [1.807, 2.05) is 18.7 Å². The number of carboxylic acids is 1. The second-order valence-electron chi connectivity index (χ2n) is 3.40. The molecule has 5 heteroatoms. The highest BCUT2D eigenvalue weighted by Gasteiger charge is 2.10. The van der Waals surface area contributed by atoms with Crippen LogP contribution >= 0.6 is 23.1 Å². The lowest BCUT2D eigenvalue weighted by Crippen LogP contribution is -1.92. The zero-order valence-corrected chi connectivity index (χ0v) is 11.1. The summed E-state index contributed by atoms with van der Waals surface area (Å²) in [5.74, 6) is 1.11. The smallest absolute Gasteiger partial charge is 0.345 e. The van der Waals surface area contributed by atoms with Crippen molar-refractivity contribution in [1.82, 2.24) is 0 Å².